The van der Waals surface area contributed by atoms with E-state index in [1.807, 2.05) is 0 Å². The van der Waals surface area contributed by atoms with E-state index in [4.69, 9.17) is 9.47 Å². The van der Waals surface area contributed by atoms with E-state index < -0.39 is 29.8 Å². The van der Waals surface area contributed by atoms with Gasteiger partial charge in [0.25, 0.3) is 5.91 Å². The van der Waals surface area contributed by atoms with Gasteiger partial charge in [0.15, 0.2) is 5.78 Å². The van der Waals surface area contributed by atoms with E-state index in [0.717, 1.165) is 11.1 Å². The SMILES string of the molecule is CNN=Cc1ccc(C(=O)NC(Cc2ccc(OC)cc2)C(=O)C(OC2CCNCC2)C(=O)O)cc1. The average Bonchev–Trinajstić information content (AvgIpc) is 2.91. The highest BCUT2D eigenvalue weighted by molar-refractivity contribution is 6.06. The summed E-state index contributed by atoms with van der Waals surface area (Å²) in [5.41, 5.74) is 4.50. The number of rotatable bonds is 12. The Morgan fingerprint density at radius 3 is 2.36 bits per heavy atom. The standard InChI is InChI=1S/C26H32N4O6/c1-27-29-16-18-3-7-19(8-4-18)25(32)30-22(15-17-5-9-20(35-2)10-6-17)23(31)24(26(33)34)36-21-11-13-28-14-12-21/h3-10,16,21-22,24,27-28H,11-15H2,1-2H3,(H,30,32)(H,33,34). The molecule has 0 aliphatic carbocycles. The van der Waals surface area contributed by atoms with Crippen molar-refractivity contribution in [3.63, 3.8) is 0 Å². The molecule has 0 spiro atoms. The third kappa shape index (κ3) is 7.62. The molecule has 192 valence electrons. The molecule has 0 saturated carbocycles. The van der Waals surface area contributed by atoms with Gasteiger partial charge in [0.1, 0.15) is 5.75 Å². The molecule has 1 heterocycles. The predicted octanol–water partition coefficient (Wildman–Crippen LogP) is 1.38. The Balaban J connectivity index is 1.81. The van der Waals surface area contributed by atoms with Crippen molar-refractivity contribution < 1.29 is 29.0 Å². The van der Waals surface area contributed by atoms with Gasteiger partial charge in [-0.05, 0) is 67.7 Å². The Hall–Kier alpha value is -3.76. The Bertz CT molecular complexity index is 1050. The third-order valence-corrected chi connectivity index (χ3v) is 5.86. The summed E-state index contributed by atoms with van der Waals surface area (Å²) < 4.78 is 10.9. The maximum Gasteiger partial charge on any atom is 0.340 e. The van der Waals surface area contributed by atoms with Crippen LogP contribution in [0.1, 0.15) is 34.3 Å². The molecule has 2 aromatic rings. The number of benzene rings is 2. The fourth-order valence-corrected chi connectivity index (χ4v) is 3.87. The molecule has 1 aliphatic rings. The van der Waals surface area contributed by atoms with Gasteiger partial charge in [-0.25, -0.2) is 4.79 Å². The summed E-state index contributed by atoms with van der Waals surface area (Å²) in [7, 11) is 3.23. The van der Waals surface area contributed by atoms with Crippen molar-refractivity contribution in [2.75, 3.05) is 27.2 Å². The highest BCUT2D eigenvalue weighted by atomic mass is 16.5. The predicted molar refractivity (Wildman–Crippen MR) is 134 cm³/mol. The maximum atomic E-state index is 13.4. The molecule has 1 aliphatic heterocycles. The minimum atomic E-state index is -1.68. The Kier molecular flexibility index (Phi) is 9.96. The first-order valence-corrected chi connectivity index (χ1v) is 11.8. The second-order valence-electron chi connectivity index (χ2n) is 8.39. The van der Waals surface area contributed by atoms with Gasteiger partial charge in [0, 0.05) is 12.6 Å². The minimum absolute atomic E-state index is 0.0981. The van der Waals surface area contributed by atoms with E-state index in [9.17, 15) is 19.5 Å². The number of ketones is 1. The van der Waals surface area contributed by atoms with Crippen molar-refractivity contribution in [1.29, 1.82) is 0 Å². The van der Waals surface area contributed by atoms with Crippen molar-refractivity contribution in [1.82, 2.24) is 16.1 Å². The number of hydrazone groups is 1. The molecule has 1 saturated heterocycles. The highest BCUT2D eigenvalue weighted by Crippen LogP contribution is 2.17. The average molecular weight is 497 g/mol. The van der Waals surface area contributed by atoms with Crippen molar-refractivity contribution in [3.05, 3.63) is 65.2 Å². The van der Waals surface area contributed by atoms with Crippen LogP contribution < -0.4 is 20.8 Å². The van der Waals surface area contributed by atoms with E-state index in [1.54, 1.807) is 68.9 Å². The molecule has 3 rings (SSSR count). The number of piperidine rings is 1. The normalized spacial score (nSPS) is 15.7. The number of carboxylic acids is 1. The van der Waals surface area contributed by atoms with Crippen LogP contribution >= 0.6 is 0 Å². The molecule has 0 aromatic heterocycles. The van der Waals surface area contributed by atoms with Gasteiger partial charge < -0.3 is 30.6 Å². The van der Waals surface area contributed by atoms with Crippen LogP contribution in [-0.4, -0.2) is 74.5 Å². The van der Waals surface area contributed by atoms with E-state index in [-0.39, 0.29) is 12.5 Å². The Labute approximate surface area is 210 Å². The Morgan fingerprint density at radius 2 is 1.78 bits per heavy atom. The molecule has 1 amide bonds. The number of amides is 1. The van der Waals surface area contributed by atoms with Crippen LogP contribution in [0.5, 0.6) is 5.75 Å². The molecular weight excluding hydrogens is 464 g/mol. The molecule has 4 N–H and O–H groups in total. The zero-order valence-corrected chi connectivity index (χ0v) is 20.4. The van der Waals surface area contributed by atoms with Crippen molar-refractivity contribution in [3.8, 4) is 5.75 Å². The number of carbonyl (C=O) groups excluding carboxylic acids is 2. The first-order valence-electron chi connectivity index (χ1n) is 11.8. The van der Waals surface area contributed by atoms with E-state index in [0.29, 0.717) is 37.2 Å². The molecular formula is C26H32N4O6. The number of nitrogens with zero attached hydrogens (tertiary/aromatic N) is 1. The molecule has 10 heteroatoms. The van der Waals surface area contributed by atoms with Gasteiger partial charge in [-0.2, -0.15) is 5.10 Å². The molecule has 10 nitrogen and oxygen atoms in total. The van der Waals surface area contributed by atoms with Crippen molar-refractivity contribution >= 4 is 23.9 Å². The quantitative estimate of drug-likeness (QED) is 0.196. The lowest BCUT2D eigenvalue weighted by molar-refractivity contribution is -0.162. The monoisotopic (exact) mass is 496 g/mol. The summed E-state index contributed by atoms with van der Waals surface area (Å²) in [6, 6.07) is 12.6. The smallest absolute Gasteiger partial charge is 0.340 e. The van der Waals surface area contributed by atoms with Gasteiger partial charge in [0.2, 0.25) is 6.10 Å². The summed E-state index contributed by atoms with van der Waals surface area (Å²) in [6.07, 6.45) is 0.886. The number of Topliss-reactive ketones (excluding diaryl/α,β-unsaturated/α-hetero) is 1. The lowest BCUT2D eigenvalue weighted by Gasteiger charge is -2.28. The van der Waals surface area contributed by atoms with Crippen LogP contribution in [0.3, 0.4) is 0 Å². The largest absolute Gasteiger partial charge is 0.497 e. The summed E-state index contributed by atoms with van der Waals surface area (Å²) in [5.74, 6) is -1.93. The van der Waals surface area contributed by atoms with Gasteiger partial charge >= 0.3 is 5.97 Å². The fraction of sp³-hybridized carbons (Fsp3) is 0.385. The number of carbonyl (C=O) groups is 3. The third-order valence-electron chi connectivity index (χ3n) is 5.86. The number of hydrogen-bond acceptors (Lipinski definition) is 8. The topological polar surface area (TPSA) is 138 Å². The van der Waals surface area contributed by atoms with Crippen LogP contribution in [0.2, 0.25) is 0 Å². The van der Waals surface area contributed by atoms with Crippen LogP contribution in [-0.2, 0) is 20.7 Å². The van der Waals surface area contributed by atoms with E-state index in [2.05, 4.69) is 21.2 Å². The van der Waals surface area contributed by atoms with Crippen LogP contribution in [0.4, 0.5) is 0 Å². The van der Waals surface area contributed by atoms with Crippen LogP contribution in [0.15, 0.2) is 53.6 Å². The summed E-state index contributed by atoms with van der Waals surface area (Å²) >= 11 is 0. The van der Waals surface area contributed by atoms with E-state index >= 15 is 0 Å². The highest BCUT2D eigenvalue weighted by Gasteiger charge is 2.36. The summed E-state index contributed by atoms with van der Waals surface area (Å²) in [4.78, 5) is 38.5. The first-order chi connectivity index (χ1) is 17.4. The molecule has 2 atom stereocenters. The molecule has 0 bridgehead atoms. The lowest BCUT2D eigenvalue weighted by atomic mass is 9.97. The van der Waals surface area contributed by atoms with Crippen molar-refractivity contribution in [2.45, 2.75) is 37.5 Å². The van der Waals surface area contributed by atoms with Crippen LogP contribution in [0, 0.1) is 0 Å². The number of nitrogens with one attached hydrogen (secondary N) is 3. The maximum absolute atomic E-state index is 13.4. The van der Waals surface area contributed by atoms with Gasteiger partial charge in [-0.3, -0.25) is 9.59 Å². The lowest BCUT2D eigenvalue weighted by Crippen LogP contribution is -2.51. The molecule has 1 fully saturated rings. The molecule has 36 heavy (non-hydrogen) atoms. The molecule has 2 unspecified atom stereocenters. The Morgan fingerprint density at radius 1 is 1.11 bits per heavy atom. The second kappa shape index (κ2) is 13.4. The van der Waals surface area contributed by atoms with E-state index in [1.165, 1.54) is 0 Å². The van der Waals surface area contributed by atoms with Crippen LogP contribution in [0.25, 0.3) is 0 Å². The van der Waals surface area contributed by atoms with Gasteiger partial charge in [-0.1, -0.05) is 24.3 Å². The summed E-state index contributed by atoms with van der Waals surface area (Å²) in [5, 5.41) is 19.6. The molecule has 0 radical (unpaired) electrons. The first kappa shape index (κ1) is 26.8. The van der Waals surface area contributed by atoms with Gasteiger partial charge in [0.05, 0.1) is 25.5 Å². The number of hydrogen-bond donors (Lipinski definition) is 4. The fourth-order valence-electron chi connectivity index (χ4n) is 3.87. The van der Waals surface area contributed by atoms with Gasteiger partial charge in [-0.15, -0.1) is 0 Å². The summed E-state index contributed by atoms with van der Waals surface area (Å²) in [6.45, 7) is 1.37. The zero-order valence-electron chi connectivity index (χ0n) is 20.4. The number of aliphatic carboxylic acids is 1. The minimum Gasteiger partial charge on any atom is -0.497 e. The number of ether oxygens (including phenoxy) is 2. The zero-order chi connectivity index (χ0) is 25.9. The molecule has 2 aromatic carbocycles. The second-order valence-corrected chi connectivity index (χ2v) is 8.39. The number of carboxylic acid groups (broad SMARTS) is 1. The van der Waals surface area contributed by atoms with Crippen molar-refractivity contribution in [2.24, 2.45) is 5.10 Å². The number of methoxy groups -OCH3 is 1.